The van der Waals surface area contributed by atoms with E-state index in [1.165, 1.54) is 42.1 Å². The fourth-order valence-corrected chi connectivity index (χ4v) is 4.28. The third kappa shape index (κ3) is 5.49. The first kappa shape index (κ1) is 25.8. The second-order valence-electron chi connectivity index (χ2n) is 9.13. The predicted octanol–water partition coefficient (Wildman–Crippen LogP) is 4.20. The van der Waals surface area contributed by atoms with E-state index >= 15 is 0 Å². The predicted molar refractivity (Wildman–Crippen MR) is 127 cm³/mol. The lowest BCUT2D eigenvalue weighted by Crippen LogP contribution is -2.42. The van der Waals surface area contributed by atoms with E-state index in [9.17, 15) is 22.0 Å². The largest absolute Gasteiger partial charge is 0.348 e. The third-order valence-electron chi connectivity index (χ3n) is 5.61. The number of benzene rings is 2. The molecule has 1 atom stereocenters. The Bertz CT molecular complexity index is 1420. The van der Waals surface area contributed by atoms with Crippen molar-refractivity contribution < 1.29 is 22.0 Å². The lowest BCUT2D eigenvalue weighted by molar-refractivity contribution is 0.0901. The molecule has 1 amide bonds. The van der Waals surface area contributed by atoms with Crippen molar-refractivity contribution in [1.82, 2.24) is 15.1 Å². The van der Waals surface area contributed by atoms with Crippen LogP contribution < -0.4 is 10.0 Å². The summed E-state index contributed by atoms with van der Waals surface area (Å²) in [5.74, 6) is -2.24. The van der Waals surface area contributed by atoms with Crippen molar-refractivity contribution in [3.63, 3.8) is 0 Å². The third-order valence-corrected chi connectivity index (χ3v) is 7.00. The van der Waals surface area contributed by atoms with Gasteiger partial charge in [-0.2, -0.15) is 10.4 Å². The molecule has 0 saturated carbocycles. The zero-order chi connectivity index (χ0) is 26.1. The Balaban J connectivity index is 2.16. The maximum atomic E-state index is 14.6. The van der Waals surface area contributed by atoms with Crippen LogP contribution in [-0.2, 0) is 17.1 Å². The number of aromatic nitrogens is 2. The zero-order valence-electron chi connectivity index (χ0n) is 19.8. The molecule has 3 rings (SSSR count). The fourth-order valence-electron chi connectivity index (χ4n) is 3.15. The van der Waals surface area contributed by atoms with E-state index in [0.29, 0.717) is 5.56 Å². The van der Waals surface area contributed by atoms with Gasteiger partial charge in [0.25, 0.3) is 15.9 Å². The van der Waals surface area contributed by atoms with Gasteiger partial charge in [0.2, 0.25) is 0 Å². The molecule has 2 aromatic carbocycles. The molecule has 0 saturated heterocycles. The van der Waals surface area contributed by atoms with Gasteiger partial charge in [-0.05, 0) is 54.8 Å². The normalized spacial score (nSPS) is 12.6. The molecule has 0 aliphatic carbocycles. The molecule has 0 aliphatic heterocycles. The smallest absolute Gasteiger partial charge is 0.271 e. The minimum atomic E-state index is -4.55. The van der Waals surface area contributed by atoms with Gasteiger partial charge in [0.15, 0.2) is 5.69 Å². The van der Waals surface area contributed by atoms with Gasteiger partial charge >= 0.3 is 0 Å². The summed E-state index contributed by atoms with van der Waals surface area (Å²) < 4.78 is 57.9. The lowest BCUT2D eigenvalue weighted by atomic mass is 9.88. The second kappa shape index (κ2) is 9.46. The number of amides is 1. The van der Waals surface area contributed by atoms with Crippen LogP contribution in [0.25, 0.3) is 11.3 Å². The maximum Gasteiger partial charge on any atom is 0.271 e. The highest BCUT2D eigenvalue weighted by Gasteiger charge is 2.31. The molecule has 0 aliphatic rings. The average molecular weight is 502 g/mol. The molecule has 11 heteroatoms. The van der Waals surface area contributed by atoms with Crippen LogP contribution >= 0.6 is 0 Å². The Kier molecular flexibility index (Phi) is 6.98. The minimum Gasteiger partial charge on any atom is -0.348 e. The van der Waals surface area contributed by atoms with E-state index < -0.39 is 32.5 Å². The van der Waals surface area contributed by atoms with Crippen molar-refractivity contribution in [1.29, 1.82) is 5.26 Å². The van der Waals surface area contributed by atoms with Crippen molar-refractivity contribution in [3.05, 3.63) is 65.4 Å². The topological polar surface area (TPSA) is 117 Å². The molecule has 0 bridgehead atoms. The molecule has 0 fully saturated rings. The number of rotatable bonds is 6. The van der Waals surface area contributed by atoms with Crippen molar-refractivity contribution in [2.45, 2.75) is 38.6 Å². The summed E-state index contributed by atoms with van der Waals surface area (Å²) in [5, 5.41) is 16.1. The molecule has 2 N–H and O–H groups in total. The van der Waals surface area contributed by atoms with Gasteiger partial charge in [0.1, 0.15) is 27.9 Å². The molecule has 3 aromatic rings. The van der Waals surface area contributed by atoms with Crippen LogP contribution in [0.3, 0.4) is 0 Å². The van der Waals surface area contributed by atoms with Gasteiger partial charge in [0.05, 0.1) is 11.6 Å². The highest BCUT2D eigenvalue weighted by atomic mass is 32.2. The Morgan fingerprint density at radius 2 is 1.77 bits per heavy atom. The highest BCUT2D eigenvalue weighted by Crippen LogP contribution is 2.33. The summed E-state index contributed by atoms with van der Waals surface area (Å²) >= 11 is 0. The Morgan fingerprint density at radius 1 is 1.14 bits per heavy atom. The van der Waals surface area contributed by atoms with Crippen LogP contribution in [0.5, 0.6) is 0 Å². The molecular weight excluding hydrogens is 476 g/mol. The van der Waals surface area contributed by atoms with Gasteiger partial charge in [-0.3, -0.25) is 14.2 Å². The number of halogens is 2. The molecule has 1 heterocycles. The monoisotopic (exact) mass is 501 g/mol. The van der Waals surface area contributed by atoms with Gasteiger partial charge in [-0.1, -0.05) is 20.8 Å². The Hall–Kier alpha value is -3.78. The second-order valence-corrected chi connectivity index (χ2v) is 10.8. The summed E-state index contributed by atoms with van der Waals surface area (Å²) in [6.07, 6.45) is 0. The van der Waals surface area contributed by atoms with Crippen molar-refractivity contribution in [2.24, 2.45) is 12.5 Å². The number of hydrogen-bond donors (Lipinski definition) is 2. The quantitative estimate of drug-likeness (QED) is 0.525. The molecule has 1 unspecified atom stereocenters. The number of carbonyl (C=O) groups is 1. The molecule has 1 aromatic heterocycles. The maximum absolute atomic E-state index is 14.6. The van der Waals surface area contributed by atoms with Gasteiger partial charge in [-0.25, -0.2) is 17.2 Å². The first-order valence-electron chi connectivity index (χ1n) is 10.6. The van der Waals surface area contributed by atoms with Crippen LogP contribution in [0.15, 0.2) is 47.4 Å². The fraction of sp³-hybridized carbons (Fsp3) is 0.292. The van der Waals surface area contributed by atoms with Crippen LogP contribution in [0.2, 0.25) is 0 Å². The summed E-state index contributed by atoms with van der Waals surface area (Å²) in [4.78, 5) is 12.5. The number of nitrogens with one attached hydrogen (secondary N) is 2. The molecule has 184 valence electrons. The Morgan fingerprint density at radius 3 is 2.31 bits per heavy atom. The standard InChI is InChI=1S/C24H25F2N5O3S/c1-14(24(2,3)4)28-23(32)22-21(20(29-31(22)5)16-7-9-17(25)10-8-16)30-35(33,34)19-11-6-15(13-27)12-18(19)26/h6-12,14,30H,1-5H3,(H,28,32). The summed E-state index contributed by atoms with van der Waals surface area (Å²) in [6, 6.07) is 9.49. The van der Waals surface area contributed by atoms with Crippen molar-refractivity contribution in [2.75, 3.05) is 4.72 Å². The number of sulfonamides is 1. The van der Waals surface area contributed by atoms with Crippen LogP contribution in [-0.4, -0.2) is 30.1 Å². The molecule has 8 nitrogen and oxygen atoms in total. The number of anilines is 1. The van der Waals surface area contributed by atoms with E-state index in [2.05, 4.69) is 15.1 Å². The van der Waals surface area contributed by atoms with E-state index in [1.807, 2.05) is 27.7 Å². The van der Waals surface area contributed by atoms with Crippen LogP contribution in [0, 0.1) is 28.4 Å². The molecule has 0 radical (unpaired) electrons. The van der Waals surface area contributed by atoms with Crippen LogP contribution in [0.4, 0.5) is 14.5 Å². The summed E-state index contributed by atoms with van der Waals surface area (Å²) in [5.41, 5.74) is -0.258. The number of aryl methyl sites for hydroxylation is 1. The summed E-state index contributed by atoms with van der Waals surface area (Å²) in [6.45, 7) is 7.61. The minimum absolute atomic E-state index is 0.0499. The van der Waals surface area contributed by atoms with Gasteiger partial charge in [0, 0.05) is 18.7 Å². The number of nitriles is 1. The van der Waals surface area contributed by atoms with Gasteiger partial charge in [-0.15, -0.1) is 0 Å². The number of hydrogen-bond acceptors (Lipinski definition) is 5. The number of nitrogens with zero attached hydrogens (tertiary/aromatic N) is 3. The molecular formula is C24H25F2N5O3S. The summed E-state index contributed by atoms with van der Waals surface area (Å²) in [7, 11) is -3.09. The SMILES string of the molecule is CC(NC(=O)c1c(NS(=O)(=O)c2ccc(C#N)cc2F)c(-c2ccc(F)cc2)nn1C)C(C)(C)C. The van der Waals surface area contributed by atoms with E-state index in [1.54, 1.807) is 6.07 Å². The zero-order valence-corrected chi connectivity index (χ0v) is 20.7. The highest BCUT2D eigenvalue weighted by molar-refractivity contribution is 7.92. The average Bonchev–Trinajstić information content (AvgIpc) is 3.08. The van der Waals surface area contributed by atoms with Crippen molar-refractivity contribution in [3.8, 4) is 17.3 Å². The van der Waals surface area contributed by atoms with E-state index in [4.69, 9.17) is 5.26 Å². The first-order chi connectivity index (χ1) is 16.2. The van der Waals surface area contributed by atoms with Crippen molar-refractivity contribution >= 4 is 21.6 Å². The molecule has 0 spiro atoms. The Labute approximate surface area is 202 Å². The first-order valence-corrected chi connectivity index (χ1v) is 12.1. The molecule has 35 heavy (non-hydrogen) atoms. The number of carbonyl (C=O) groups excluding carboxylic acids is 1. The van der Waals surface area contributed by atoms with E-state index in [-0.39, 0.29) is 34.1 Å². The van der Waals surface area contributed by atoms with Gasteiger partial charge < -0.3 is 5.32 Å². The van der Waals surface area contributed by atoms with E-state index in [0.717, 1.165) is 12.1 Å². The van der Waals surface area contributed by atoms with Crippen LogP contribution in [0.1, 0.15) is 43.7 Å². The lowest BCUT2D eigenvalue weighted by Gasteiger charge is -2.28.